The number of nitrogen functional groups attached to an aromatic ring is 1. The van der Waals surface area contributed by atoms with Gasteiger partial charge in [0.1, 0.15) is 0 Å². The van der Waals surface area contributed by atoms with Crippen molar-refractivity contribution in [1.82, 2.24) is 19.9 Å². The molecule has 1 aliphatic carbocycles. The van der Waals surface area contributed by atoms with Gasteiger partial charge < -0.3 is 20.7 Å². The summed E-state index contributed by atoms with van der Waals surface area (Å²) in [5.41, 5.74) is 7.02. The molecule has 1 aromatic heterocycles. The van der Waals surface area contributed by atoms with Gasteiger partial charge in [0, 0.05) is 23.8 Å². The molecule has 3 N–H and O–H groups in total. The maximum Gasteiger partial charge on any atom is 0.339 e. The molecule has 4 rings (SSSR count). The highest BCUT2D eigenvalue weighted by molar-refractivity contribution is 6.30. The van der Waals surface area contributed by atoms with Gasteiger partial charge in [0.15, 0.2) is 12.4 Å². The van der Waals surface area contributed by atoms with Crippen molar-refractivity contribution in [2.24, 2.45) is 0 Å². The van der Waals surface area contributed by atoms with Crippen molar-refractivity contribution in [3.8, 4) is 0 Å². The Bertz CT molecular complexity index is 1200. The lowest BCUT2D eigenvalue weighted by atomic mass is 9.94. The first-order valence-corrected chi connectivity index (χ1v) is 11.8. The van der Waals surface area contributed by atoms with Gasteiger partial charge in [0.05, 0.1) is 11.1 Å². The average Bonchev–Trinajstić information content (AvgIpc) is 2.88. The Morgan fingerprint density at radius 1 is 1.03 bits per heavy atom. The van der Waals surface area contributed by atoms with Gasteiger partial charge in [0.2, 0.25) is 11.9 Å². The summed E-state index contributed by atoms with van der Waals surface area (Å²) in [5.74, 6) is -0.478. The Labute approximate surface area is 208 Å². The van der Waals surface area contributed by atoms with E-state index < -0.39 is 5.97 Å². The lowest BCUT2D eigenvalue weighted by Gasteiger charge is -2.31. The SMILES string of the molecule is CN(C(=O)c1ccccc1C(=O)OCc1nc(N)nc(Nc2ccc(Cl)cc2)n1)C1CCCCC1. The number of carbonyl (C=O) groups is 2. The van der Waals surface area contributed by atoms with Crippen LogP contribution in [0.25, 0.3) is 0 Å². The van der Waals surface area contributed by atoms with Crippen LogP contribution in [0.4, 0.5) is 17.6 Å². The van der Waals surface area contributed by atoms with Crippen molar-refractivity contribution in [1.29, 1.82) is 0 Å². The smallest absolute Gasteiger partial charge is 0.339 e. The summed E-state index contributed by atoms with van der Waals surface area (Å²) < 4.78 is 5.44. The Hall–Kier alpha value is -3.72. The predicted molar refractivity (Wildman–Crippen MR) is 134 cm³/mol. The molecule has 0 unspecified atom stereocenters. The largest absolute Gasteiger partial charge is 0.454 e. The summed E-state index contributed by atoms with van der Waals surface area (Å²) in [4.78, 5) is 40.2. The Morgan fingerprint density at radius 2 is 1.71 bits per heavy atom. The molecule has 1 amide bonds. The van der Waals surface area contributed by atoms with Gasteiger partial charge in [0.25, 0.3) is 5.91 Å². The molecule has 1 heterocycles. The summed E-state index contributed by atoms with van der Waals surface area (Å²) in [5, 5.41) is 3.61. The van der Waals surface area contributed by atoms with E-state index in [0.717, 1.165) is 25.7 Å². The number of nitrogens with zero attached hydrogens (tertiary/aromatic N) is 4. The number of amides is 1. The molecule has 0 aliphatic heterocycles. The standard InChI is InChI=1S/C25H27ClN6O3/c1-32(18-7-3-2-4-8-18)22(33)19-9-5-6-10-20(19)23(34)35-15-21-29-24(27)31-25(30-21)28-17-13-11-16(26)12-14-17/h5-6,9-14,18H,2-4,7-8,15H2,1H3,(H3,27,28,29,30,31). The van der Waals surface area contributed by atoms with E-state index in [4.69, 9.17) is 22.1 Å². The number of benzene rings is 2. The molecule has 0 saturated heterocycles. The molecule has 35 heavy (non-hydrogen) atoms. The van der Waals surface area contributed by atoms with Crippen LogP contribution in [0.2, 0.25) is 5.02 Å². The quantitative estimate of drug-likeness (QED) is 0.456. The first-order valence-electron chi connectivity index (χ1n) is 11.5. The van der Waals surface area contributed by atoms with Crippen LogP contribution >= 0.6 is 11.6 Å². The average molecular weight is 495 g/mol. The van der Waals surface area contributed by atoms with Crippen molar-refractivity contribution >= 4 is 41.1 Å². The molecule has 9 nitrogen and oxygen atoms in total. The fourth-order valence-electron chi connectivity index (χ4n) is 4.10. The number of hydrogen-bond donors (Lipinski definition) is 2. The van der Waals surface area contributed by atoms with Crippen molar-refractivity contribution in [3.63, 3.8) is 0 Å². The Balaban J connectivity index is 1.45. The molecule has 10 heteroatoms. The molecular weight excluding hydrogens is 468 g/mol. The molecule has 182 valence electrons. The molecule has 0 spiro atoms. The first-order chi connectivity index (χ1) is 16.9. The van der Waals surface area contributed by atoms with E-state index in [1.165, 1.54) is 6.42 Å². The normalized spacial score (nSPS) is 13.8. The monoisotopic (exact) mass is 494 g/mol. The van der Waals surface area contributed by atoms with Crippen LogP contribution in [0.1, 0.15) is 58.6 Å². The van der Waals surface area contributed by atoms with Crippen LogP contribution in [0.3, 0.4) is 0 Å². The van der Waals surface area contributed by atoms with E-state index in [9.17, 15) is 9.59 Å². The molecule has 0 bridgehead atoms. The van der Waals surface area contributed by atoms with E-state index in [1.807, 2.05) is 0 Å². The molecule has 1 aliphatic rings. The second-order valence-electron chi connectivity index (χ2n) is 8.39. The number of hydrogen-bond acceptors (Lipinski definition) is 8. The number of aromatic nitrogens is 3. The second-order valence-corrected chi connectivity index (χ2v) is 8.83. The lowest BCUT2D eigenvalue weighted by Crippen LogP contribution is -2.39. The van der Waals surface area contributed by atoms with Crippen LogP contribution in [0, 0.1) is 0 Å². The predicted octanol–water partition coefficient (Wildman–Crippen LogP) is 4.61. The number of nitrogens with one attached hydrogen (secondary N) is 1. The number of esters is 1. The lowest BCUT2D eigenvalue weighted by molar-refractivity contribution is 0.0454. The summed E-state index contributed by atoms with van der Waals surface area (Å²) in [7, 11) is 1.79. The first kappa shape index (κ1) is 24.4. The summed E-state index contributed by atoms with van der Waals surface area (Å²) >= 11 is 5.91. The third-order valence-corrected chi connectivity index (χ3v) is 6.20. The van der Waals surface area contributed by atoms with Gasteiger partial charge in [-0.2, -0.15) is 15.0 Å². The summed E-state index contributed by atoms with van der Waals surface area (Å²) in [6, 6.07) is 13.8. The minimum Gasteiger partial charge on any atom is -0.454 e. The summed E-state index contributed by atoms with van der Waals surface area (Å²) in [6.45, 7) is -0.234. The van der Waals surface area contributed by atoms with Crippen LogP contribution in [0.15, 0.2) is 48.5 Å². The number of carbonyl (C=O) groups excluding carboxylic acids is 2. The molecule has 2 aromatic carbocycles. The van der Waals surface area contributed by atoms with Gasteiger partial charge in [-0.15, -0.1) is 0 Å². The zero-order valence-corrected chi connectivity index (χ0v) is 20.2. The van der Waals surface area contributed by atoms with Crippen LogP contribution in [0.5, 0.6) is 0 Å². The van der Waals surface area contributed by atoms with Gasteiger partial charge in [-0.05, 0) is 49.2 Å². The second kappa shape index (κ2) is 11.1. The highest BCUT2D eigenvalue weighted by atomic mass is 35.5. The van der Waals surface area contributed by atoms with Crippen LogP contribution in [-0.2, 0) is 11.3 Å². The minimum absolute atomic E-state index is 0.0211. The van der Waals surface area contributed by atoms with Crippen LogP contribution < -0.4 is 11.1 Å². The van der Waals surface area contributed by atoms with E-state index in [2.05, 4.69) is 20.3 Å². The molecule has 1 saturated carbocycles. The molecule has 0 radical (unpaired) electrons. The summed E-state index contributed by atoms with van der Waals surface area (Å²) in [6.07, 6.45) is 5.36. The zero-order valence-electron chi connectivity index (χ0n) is 19.4. The highest BCUT2D eigenvalue weighted by Gasteiger charge is 2.26. The number of halogens is 1. The van der Waals surface area contributed by atoms with Crippen molar-refractivity contribution in [2.75, 3.05) is 18.1 Å². The Kier molecular flexibility index (Phi) is 7.77. The van der Waals surface area contributed by atoms with Crippen molar-refractivity contribution < 1.29 is 14.3 Å². The van der Waals surface area contributed by atoms with Crippen molar-refractivity contribution in [3.05, 3.63) is 70.5 Å². The molecule has 3 aromatic rings. The molecule has 0 atom stereocenters. The van der Waals surface area contributed by atoms with Gasteiger partial charge >= 0.3 is 5.97 Å². The Morgan fingerprint density at radius 3 is 2.43 bits per heavy atom. The third-order valence-electron chi connectivity index (χ3n) is 5.95. The maximum atomic E-state index is 13.2. The van der Waals surface area contributed by atoms with E-state index in [1.54, 1.807) is 60.5 Å². The number of anilines is 3. The maximum absolute atomic E-state index is 13.2. The van der Waals surface area contributed by atoms with Crippen LogP contribution in [-0.4, -0.2) is 44.8 Å². The number of ether oxygens (including phenoxy) is 1. The van der Waals surface area contributed by atoms with E-state index >= 15 is 0 Å². The number of nitrogens with two attached hydrogens (primary N) is 1. The van der Waals surface area contributed by atoms with Gasteiger partial charge in [-0.3, -0.25) is 4.79 Å². The van der Waals surface area contributed by atoms with Gasteiger partial charge in [-0.1, -0.05) is 43.0 Å². The zero-order chi connectivity index (χ0) is 24.8. The third kappa shape index (κ3) is 6.24. The van der Waals surface area contributed by atoms with E-state index in [0.29, 0.717) is 16.3 Å². The fourth-order valence-corrected chi connectivity index (χ4v) is 4.23. The van der Waals surface area contributed by atoms with E-state index in [-0.39, 0.29) is 41.8 Å². The number of rotatable bonds is 7. The molecular formula is C25H27ClN6O3. The fraction of sp³-hybridized carbons (Fsp3) is 0.320. The minimum atomic E-state index is -0.641. The molecule has 1 fully saturated rings. The van der Waals surface area contributed by atoms with Gasteiger partial charge in [-0.25, -0.2) is 4.79 Å². The van der Waals surface area contributed by atoms with Crippen molar-refractivity contribution in [2.45, 2.75) is 44.8 Å². The topological polar surface area (TPSA) is 123 Å². The highest BCUT2D eigenvalue weighted by Crippen LogP contribution is 2.24.